The summed E-state index contributed by atoms with van der Waals surface area (Å²) in [7, 11) is 0. The molecule has 3 nitrogen and oxygen atoms in total. The molecule has 0 radical (unpaired) electrons. The van der Waals surface area contributed by atoms with E-state index in [-0.39, 0.29) is 6.04 Å². The van der Waals surface area contributed by atoms with Gasteiger partial charge in [0.05, 0.1) is 6.04 Å². The smallest absolute Gasteiger partial charge is 0.122 e. The van der Waals surface area contributed by atoms with Crippen LogP contribution >= 0.6 is 0 Å². The van der Waals surface area contributed by atoms with Gasteiger partial charge in [0.15, 0.2) is 0 Å². The molecule has 3 heteroatoms. The van der Waals surface area contributed by atoms with Crippen LogP contribution in [0.15, 0.2) is 42.7 Å². The zero-order valence-corrected chi connectivity index (χ0v) is 10.4. The maximum atomic E-state index is 4.26. The van der Waals surface area contributed by atoms with E-state index in [2.05, 4.69) is 53.4 Å². The number of benzene rings is 1. The molecule has 2 rings (SSSR count). The molecule has 2 unspecified atom stereocenters. The molecule has 0 saturated carbocycles. The minimum atomic E-state index is 0.253. The highest BCUT2D eigenvalue weighted by atomic mass is 15.0. The first-order chi connectivity index (χ1) is 8.25. The van der Waals surface area contributed by atoms with Crippen molar-refractivity contribution in [3.63, 3.8) is 0 Å². The van der Waals surface area contributed by atoms with Gasteiger partial charge in [-0.25, -0.2) is 4.98 Å². The van der Waals surface area contributed by atoms with Crippen molar-refractivity contribution < 1.29 is 0 Å². The van der Waals surface area contributed by atoms with E-state index in [1.807, 2.05) is 12.3 Å². The van der Waals surface area contributed by atoms with Crippen LogP contribution in [0.25, 0.3) is 0 Å². The van der Waals surface area contributed by atoms with E-state index in [1.54, 1.807) is 6.20 Å². The summed E-state index contributed by atoms with van der Waals surface area (Å²) in [6.45, 7) is 4.33. The van der Waals surface area contributed by atoms with Crippen molar-refractivity contribution in [1.82, 2.24) is 15.3 Å². The predicted octanol–water partition coefficient (Wildman–Crippen LogP) is 2.69. The first kappa shape index (κ1) is 11.9. The first-order valence-corrected chi connectivity index (χ1v) is 6.05. The average Bonchev–Trinajstić information content (AvgIpc) is 2.83. The maximum absolute atomic E-state index is 4.26. The van der Waals surface area contributed by atoms with Crippen LogP contribution in [0, 0.1) is 0 Å². The highest BCUT2D eigenvalue weighted by molar-refractivity contribution is 5.15. The van der Waals surface area contributed by atoms with E-state index >= 15 is 0 Å². The summed E-state index contributed by atoms with van der Waals surface area (Å²) in [6.07, 6.45) is 4.68. The lowest BCUT2D eigenvalue weighted by molar-refractivity contribution is 0.464. The highest BCUT2D eigenvalue weighted by Crippen LogP contribution is 2.09. The maximum Gasteiger partial charge on any atom is 0.122 e. The first-order valence-electron chi connectivity index (χ1n) is 6.05. The van der Waals surface area contributed by atoms with Crippen molar-refractivity contribution in [3.8, 4) is 0 Å². The largest absolute Gasteiger partial charge is 0.347 e. The van der Waals surface area contributed by atoms with Gasteiger partial charge in [-0.1, -0.05) is 30.3 Å². The Kier molecular flexibility index (Phi) is 3.94. The molecule has 0 saturated heterocycles. The molecule has 90 valence electrons. The summed E-state index contributed by atoms with van der Waals surface area (Å²) in [5.74, 6) is 0.991. The SMILES string of the molecule is CC(Cc1ccccc1)NC(C)c1ncc[nH]1. The summed E-state index contributed by atoms with van der Waals surface area (Å²) in [5.41, 5.74) is 1.36. The number of nitrogens with zero attached hydrogens (tertiary/aromatic N) is 1. The Morgan fingerprint density at radius 2 is 2.00 bits per heavy atom. The van der Waals surface area contributed by atoms with E-state index in [4.69, 9.17) is 0 Å². The van der Waals surface area contributed by atoms with Gasteiger partial charge in [0, 0.05) is 18.4 Å². The van der Waals surface area contributed by atoms with Gasteiger partial charge in [-0.3, -0.25) is 0 Å². The molecule has 17 heavy (non-hydrogen) atoms. The molecule has 0 aliphatic heterocycles. The van der Waals surface area contributed by atoms with E-state index in [0.717, 1.165) is 12.2 Å². The second kappa shape index (κ2) is 5.64. The lowest BCUT2D eigenvalue weighted by atomic mass is 10.1. The van der Waals surface area contributed by atoms with Crippen LogP contribution in [0.1, 0.15) is 31.3 Å². The Labute approximate surface area is 102 Å². The number of hydrogen-bond acceptors (Lipinski definition) is 2. The lowest BCUT2D eigenvalue weighted by Gasteiger charge is -2.18. The normalized spacial score (nSPS) is 14.5. The second-order valence-corrected chi connectivity index (χ2v) is 4.45. The molecule has 0 fully saturated rings. The van der Waals surface area contributed by atoms with Crippen LogP contribution in [0.3, 0.4) is 0 Å². The monoisotopic (exact) mass is 229 g/mol. The number of rotatable bonds is 5. The van der Waals surface area contributed by atoms with Crippen molar-refractivity contribution >= 4 is 0 Å². The molecule has 0 bridgehead atoms. The van der Waals surface area contributed by atoms with Gasteiger partial charge in [0.2, 0.25) is 0 Å². The topological polar surface area (TPSA) is 40.7 Å². The number of aromatic amines is 1. The minimum Gasteiger partial charge on any atom is -0.347 e. The van der Waals surface area contributed by atoms with Gasteiger partial charge in [-0.05, 0) is 25.8 Å². The number of H-pyrrole nitrogens is 1. The van der Waals surface area contributed by atoms with Crippen LogP contribution < -0.4 is 5.32 Å². The zero-order chi connectivity index (χ0) is 12.1. The van der Waals surface area contributed by atoms with Gasteiger partial charge < -0.3 is 10.3 Å². The van der Waals surface area contributed by atoms with Gasteiger partial charge >= 0.3 is 0 Å². The van der Waals surface area contributed by atoms with E-state index in [0.29, 0.717) is 6.04 Å². The fraction of sp³-hybridized carbons (Fsp3) is 0.357. The standard InChI is InChI=1S/C14H19N3/c1-11(10-13-6-4-3-5-7-13)17-12(2)14-15-8-9-16-14/h3-9,11-12,17H,10H2,1-2H3,(H,15,16). The summed E-state index contributed by atoms with van der Waals surface area (Å²) in [5, 5.41) is 3.54. The summed E-state index contributed by atoms with van der Waals surface area (Å²) >= 11 is 0. The second-order valence-electron chi connectivity index (χ2n) is 4.45. The van der Waals surface area contributed by atoms with Crippen molar-refractivity contribution in [2.24, 2.45) is 0 Å². The minimum absolute atomic E-state index is 0.253. The molecule has 0 amide bonds. The summed E-state index contributed by atoms with van der Waals surface area (Å²) in [6, 6.07) is 11.2. The third-order valence-electron chi connectivity index (χ3n) is 2.85. The van der Waals surface area contributed by atoms with Crippen LogP contribution in [0.2, 0.25) is 0 Å². The fourth-order valence-electron chi connectivity index (χ4n) is 2.05. The quantitative estimate of drug-likeness (QED) is 0.827. The Morgan fingerprint density at radius 1 is 1.24 bits per heavy atom. The number of imidazole rings is 1. The highest BCUT2D eigenvalue weighted by Gasteiger charge is 2.11. The van der Waals surface area contributed by atoms with Crippen molar-refractivity contribution in [2.45, 2.75) is 32.4 Å². The lowest BCUT2D eigenvalue weighted by Crippen LogP contribution is -2.31. The van der Waals surface area contributed by atoms with Crippen molar-refractivity contribution in [2.75, 3.05) is 0 Å². The number of hydrogen-bond donors (Lipinski definition) is 2. The molecule has 0 aliphatic rings. The zero-order valence-electron chi connectivity index (χ0n) is 10.4. The molecule has 1 heterocycles. The van der Waals surface area contributed by atoms with Crippen LogP contribution in [0.4, 0.5) is 0 Å². The van der Waals surface area contributed by atoms with Crippen LogP contribution in [-0.4, -0.2) is 16.0 Å². The van der Waals surface area contributed by atoms with Gasteiger partial charge in [-0.2, -0.15) is 0 Å². The molecule has 2 atom stereocenters. The van der Waals surface area contributed by atoms with Crippen molar-refractivity contribution in [3.05, 3.63) is 54.1 Å². The van der Waals surface area contributed by atoms with E-state index < -0.39 is 0 Å². The van der Waals surface area contributed by atoms with E-state index in [1.165, 1.54) is 5.56 Å². The molecule has 2 N–H and O–H groups in total. The molecule has 0 spiro atoms. The average molecular weight is 229 g/mol. The Hall–Kier alpha value is -1.61. The number of nitrogens with one attached hydrogen (secondary N) is 2. The molecule has 1 aromatic carbocycles. The molecular formula is C14H19N3. The molecule has 2 aromatic rings. The Balaban J connectivity index is 1.87. The molecular weight excluding hydrogens is 210 g/mol. The predicted molar refractivity (Wildman–Crippen MR) is 69.7 cm³/mol. The van der Waals surface area contributed by atoms with Gasteiger partial charge in [0.25, 0.3) is 0 Å². The Bertz CT molecular complexity index is 422. The molecule has 1 aromatic heterocycles. The van der Waals surface area contributed by atoms with Gasteiger partial charge in [-0.15, -0.1) is 0 Å². The Morgan fingerprint density at radius 3 is 2.65 bits per heavy atom. The summed E-state index contributed by atoms with van der Waals surface area (Å²) < 4.78 is 0. The third-order valence-corrected chi connectivity index (χ3v) is 2.85. The van der Waals surface area contributed by atoms with Crippen molar-refractivity contribution in [1.29, 1.82) is 0 Å². The third kappa shape index (κ3) is 3.43. The van der Waals surface area contributed by atoms with Crippen LogP contribution in [-0.2, 0) is 6.42 Å². The molecule has 0 aliphatic carbocycles. The van der Waals surface area contributed by atoms with E-state index in [9.17, 15) is 0 Å². The van der Waals surface area contributed by atoms with Crippen LogP contribution in [0.5, 0.6) is 0 Å². The summed E-state index contributed by atoms with van der Waals surface area (Å²) in [4.78, 5) is 7.39. The fourth-order valence-corrected chi connectivity index (χ4v) is 2.05. The number of aromatic nitrogens is 2. The van der Waals surface area contributed by atoms with Gasteiger partial charge in [0.1, 0.15) is 5.82 Å².